The van der Waals surface area contributed by atoms with Crippen molar-refractivity contribution in [3.8, 4) is 0 Å². The van der Waals surface area contributed by atoms with Gasteiger partial charge < -0.3 is 20.1 Å². The fourth-order valence-electron chi connectivity index (χ4n) is 3.11. The van der Waals surface area contributed by atoms with Crippen LogP contribution in [-0.4, -0.2) is 56.0 Å². The van der Waals surface area contributed by atoms with Crippen LogP contribution < -0.4 is 5.73 Å². The van der Waals surface area contributed by atoms with Gasteiger partial charge in [-0.05, 0) is 38.8 Å². The summed E-state index contributed by atoms with van der Waals surface area (Å²) < 4.78 is 11.5. The molecule has 4 nitrogen and oxygen atoms in total. The van der Waals surface area contributed by atoms with Gasteiger partial charge in [0.2, 0.25) is 0 Å². The summed E-state index contributed by atoms with van der Waals surface area (Å²) in [5, 5.41) is 0. The summed E-state index contributed by atoms with van der Waals surface area (Å²) in [5.74, 6) is 0.567. The van der Waals surface area contributed by atoms with Gasteiger partial charge in [-0.15, -0.1) is 0 Å². The highest BCUT2D eigenvalue weighted by Crippen LogP contribution is 2.34. The molecule has 112 valence electrons. The molecule has 0 aliphatic carbocycles. The van der Waals surface area contributed by atoms with E-state index in [9.17, 15) is 0 Å². The van der Waals surface area contributed by atoms with Crippen LogP contribution in [0.15, 0.2) is 0 Å². The molecule has 0 amide bonds. The molecule has 4 heteroatoms. The van der Waals surface area contributed by atoms with E-state index in [2.05, 4.69) is 25.8 Å². The van der Waals surface area contributed by atoms with Crippen LogP contribution >= 0.6 is 0 Å². The third-order valence-electron chi connectivity index (χ3n) is 4.83. The standard InChI is InChI=1S/C15H30N2O2/c1-12(2)14(16)4-7-17(3)13-5-8-19-15(10-13)6-9-18-11-15/h12-14H,4-11,16H2,1-3H3. The molecule has 3 unspecified atom stereocenters. The van der Waals surface area contributed by atoms with Gasteiger partial charge in [-0.1, -0.05) is 13.8 Å². The molecule has 0 radical (unpaired) electrons. The maximum Gasteiger partial charge on any atom is 0.0951 e. The van der Waals surface area contributed by atoms with E-state index in [0.29, 0.717) is 18.0 Å². The summed E-state index contributed by atoms with van der Waals surface area (Å²) >= 11 is 0. The van der Waals surface area contributed by atoms with Gasteiger partial charge in [0.05, 0.1) is 12.2 Å². The van der Waals surface area contributed by atoms with Gasteiger partial charge >= 0.3 is 0 Å². The van der Waals surface area contributed by atoms with Crippen molar-refractivity contribution in [2.45, 2.75) is 57.2 Å². The van der Waals surface area contributed by atoms with Gasteiger partial charge in [0.15, 0.2) is 0 Å². The molecule has 2 aliphatic heterocycles. The Bertz CT molecular complexity index is 277. The van der Waals surface area contributed by atoms with E-state index >= 15 is 0 Å². The van der Waals surface area contributed by atoms with Crippen LogP contribution in [-0.2, 0) is 9.47 Å². The second-order valence-electron chi connectivity index (χ2n) is 6.66. The van der Waals surface area contributed by atoms with Gasteiger partial charge in [-0.3, -0.25) is 0 Å². The predicted molar refractivity (Wildman–Crippen MR) is 77.2 cm³/mol. The van der Waals surface area contributed by atoms with E-state index in [4.69, 9.17) is 15.2 Å². The monoisotopic (exact) mass is 270 g/mol. The van der Waals surface area contributed by atoms with Gasteiger partial charge in [-0.25, -0.2) is 0 Å². The van der Waals surface area contributed by atoms with Crippen molar-refractivity contribution in [2.24, 2.45) is 11.7 Å². The topological polar surface area (TPSA) is 47.7 Å². The SMILES string of the molecule is CC(C)C(N)CCN(C)C1CCOC2(CCOC2)C1. The summed E-state index contributed by atoms with van der Waals surface area (Å²) in [7, 11) is 2.23. The third kappa shape index (κ3) is 3.91. The van der Waals surface area contributed by atoms with Gasteiger partial charge in [0.25, 0.3) is 0 Å². The average Bonchev–Trinajstić information content (AvgIpc) is 2.83. The van der Waals surface area contributed by atoms with E-state index in [-0.39, 0.29) is 5.60 Å². The lowest BCUT2D eigenvalue weighted by Crippen LogP contribution is -2.48. The highest BCUT2D eigenvalue weighted by molar-refractivity contribution is 4.93. The summed E-state index contributed by atoms with van der Waals surface area (Å²) in [4.78, 5) is 2.48. The zero-order valence-corrected chi connectivity index (χ0v) is 12.7. The number of rotatable bonds is 5. The molecule has 2 fully saturated rings. The fraction of sp³-hybridized carbons (Fsp3) is 1.00. The number of hydrogen-bond donors (Lipinski definition) is 1. The molecule has 2 N–H and O–H groups in total. The second-order valence-corrected chi connectivity index (χ2v) is 6.66. The van der Waals surface area contributed by atoms with Crippen LogP contribution in [0.3, 0.4) is 0 Å². The van der Waals surface area contributed by atoms with E-state index in [1.54, 1.807) is 0 Å². The smallest absolute Gasteiger partial charge is 0.0951 e. The summed E-state index contributed by atoms with van der Waals surface area (Å²) in [5.41, 5.74) is 6.15. The molecule has 2 heterocycles. The molecular weight excluding hydrogens is 240 g/mol. The minimum atomic E-state index is 0.0113. The molecule has 0 aromatic carbocycles. The minimum absolute atomic E-state index is 0.0113. The first-order valence-corrected chi connectivity index (χ1v) is 7.70. The molecule has 0 aromatic rings. The van der Waals surface area contributed by atoms with E-state index < -0.39 is 0 Å². The number of ether oxygens (including phenoxy) is 2. The summed E-state index contributed by atoms with van der Waals surface area (Å²) in [6.45, 7) is 7.99. The third-order valence-corrected chi connectivity index (χ3v) is 4.83. The first kappa shape index (κ1) is 15.2. The number of nitrogens with zero attached hydrogens (tertiary/aromatic N) is 1. The van der Waals surface area contributed by atoms with Crippen molar-refractivity contribution in [3.05, 3.63) is 0 Å². The highest BCUT2D eigenvalue weighted by Gasteiger charge is 2.41. The number of hydrogen-bond acceptors (Lipinski definition) is 4. The molecule has 2 saturated heterocycles. The Hall–Kier alpha value is -0.160. The minimum Gasteiger partial charge on any atom is -0.378 e. The molecule has 0 aromatic heterocycles. The Morgan fingerprint density at radius 1 is 1.37 bits per heavy atom. The largest absolute Gasteiger partial charge is 0.378 e. The highest BCUT2D eigenvalue weighted by atomic mass is 16.6. The molecule has 1 spiro atoms. The van der Waals surface area contributed by atoms with Crippen LogP contribution in [0.4, 0.5) is 0 Å². The predicted octanol–water partition coefficient (Wildman–Crippen LogP) is 1.63. The van der Waals surface area contributed by atoms with Crippen molar-refractivity contribution in [1.29, 1.82) is 0 Å². The van der Waals surface area contributed by atoms with Crippen LogP contribution in [0, 0.1) is 5.92 Å². The van der Waals surface area contributed by atoms with Gasteiger partial charge in [0, 0.05) is 31.7 Å². The lowest BCUT2D eigenvalue weighted by atomic mass is 9.89. The average molecular weight is 270 g/mol. The Kier molecular flexibility index (Phi) is 5.23. The maximum atomic E-state index is 6.14. The molecule has 2 rings (SSSR count). The molecule has 2 aliphatic rings. The molecule has 3 atom stereocenters. The normalized spacial score (nSPS) is 33.5. The van der Waals surface area contributed by atoms with Crippen LogP contribution in [0.5, 0.6) is 0 Å². The molecule has 0 bridgehead atoms. The van der Waals surface area contributed by atoms with E-state index in [1.165, 1.54) is 0 Å². The molecule has 19 heavy (non-hydrogen) atoms. The molecular formula is C15H30N2O2. The lowest BCUT2D eigenvalue weighted by molar-refractivity contribution is -0.104. The lowest BCUT2D eigenvalue weighted by Gasteiger charge is -2.41. The van der Waals surface area contributed by atoms with Gasteiger partial charge in [-0.2, -0.15) is 0 Å². The summed E-state index contributed by atoms with van der Waals surface area (Å²) in [6, 6.07) is 0.931. The first-order chi connectivity index (χ1) is 9.02. The Morgan fingerprint density at radius 3 is 2.79 bits per heavy atom. The Balaban J connectivity index is 1.80. The Labute approximate surface area is 117 Å². The first-order valence-electron chi connectivity index (χ1n) is 7.70. The Morgan fingerprint density at radius 2 is 2.16 bits per heavy atom. The van der Waals surface area contributed by atoms with Crippen molar-refractivity contribution in [2.75, 3.05) is 33.4 Å². The second kappa shape index (κ2) is 6.53. The van der Waals surface area contributed by atoms with Crippen LogP contribution in [0.1, 0.15) is 39.5 Å². The van der Waals surface area contributed by atoms with Crippen molar-refractivity contribution in [1.82, 2.24) is 4.90 Å². The van der Waals surface area contributed by atoms with E-state index in [0.717, 1.165) is 52.0 Å². The summed E-state index contributed by atoms with van der Waals surface area (Å²) in [6.07, 6.45) is 4.38. The van der Waals surface area contributed by atoms with Gasteiger partial charge in [0.1, 0.15) is 0 Å². The fourth-order valence-corrected chi connectivity index (χ4v) is 3.11. The zero-order valence-electron chi connectivity index (χ0n) is 12.7. The van der Waals surface area contributed by atoms with Crippen molar-refractivity contribution >= 4 is 0 Å². The maximum absolute atomic E-state index is 6.14. The molecule has 0 saturated carbocycles. The number of nitrogens with two attached hydrogens (primary N) is 1. The van der Waals surface area contributed by atoms with E-state index in [1.807, 2.05) is 0 Å². The van der Waals surface area contributed by atoms with Crippen LogP contribution in [0.2, 0.25) is 0 Å². The van der Waals surface area contributed by atoms with Crippen LogP contribution in [0.25, 0.3) is 0 Å². The zero-order chi connectivity index (χ0) is 13.9. The quantitative estimate of drug-likeness (QED) is 0.825. The van der Waals surface area contributed by atoms with Crippen molar-refractivity contribution < 1.29 is 9.47 Å². The van der Waals surface area contributed by atoms with Crippen molar-refractivity contribution in [3.63, 3.8) is 0 Å².